The Morgan fingerprint density at radius 1 is 1.24 bits per heavy atom. The number of ether oxygens (including phenoxy) is 1. The molecule has 2 aromatic rings. The van der Waals surface area contributed by atoms with Crippen LogP contribution in [0.1, 0.15) is 19.8 Å². The fourth-order valence-corrected chi connectivity index (χ4v) is 3.50. The zero-order valence-electron chi connectivity index (χ0n) is 16.2. The summed E-state index contributed by atoms with van der Waals surface area (Å²) in [5.41, 5.74) is -0.311. The van der Waals surface area contributed by atoms with Crippen LogP contribution in [0.3, 0.4) is 0 Å². The lowest BCUT2D eigenvalue weighted by atomic mass is 9.85. The third-order valence-corrected chi connectivity index (χ3v) is 5.34. The van der Waals surface area contributed by atoms with Gasteiger partial charge in [0.25, 0.3) is 0 Å². The molecule has 0 saturated carbocycles. The van der Waals surface area contributed by atoms with Crippen molar-refractivity contribution in [3.63, 3.8) is 0 Å². The van der Waals surface area contributed by atoms with Crippen LogP contribution in [0.2, 0.25) is 0 Å². The van der Waals surface area contributed by atoms with Gasteiger partial charge in [-0.1, -0.05) is 6.92 Å². The van der Waals surface area contributed by atoms with Crippen molar-refractivity contribution >= 4 is 29.3 Å². The predicted octanol–water partition coefficient (Wildman–Crippen LogP) is 1.50. The Balaban J connectivity index is 1.47. The van der Waals surface area contributed by atoms with Gasteiger partial charge in [0.1, 0.15) is 11.2 Å². The second-order valence-electron chi connectivity index (χ2n) is 6.99. The number of anilines is 4. The van der Waals surface area contributed by atoms with E-state index in [9.17, 15) is 10.1 Å². The molecule has 0 aromatic carbocycles. The molecule has 1 unspecified atom stereocenters. The SMILES string of the molecule is CCC1(C#N)CCN(c2ccnc(Nc3cnc(N4CCOCC4)nc3)n2)C1=O. The number of amides is 1. The van der Waals surface area contributed by atoms with Crippen LogP contribution in [0.25, 0.3) is 0 Å². The molecule has 10 heteroatoms. The first-order valence-electron chi connectivity index (χ1n) is 9.63. The average Bonchev–Trinajstić information content (AvgIpc) is 3.12. The highest BCUT2D eigenvalue weighted by Gasteiger charge is 2.46. The van der Waals surface area contributed by atoms with Gasteiger partial charge in [-0.15, -0.1) is 0 Å². The molecule has 1 atom stereocenters. The Morgan fingerprint density at radius 2 is 2.00 bits per heavy atom. The molecule has 0 aliphatic carbocycles. The molecule has 1 amide bonds. The van der Waals surface area contributed by atoms with Crippen molar-refractivity contribution in [1.82, 2.24) is 19.9 Å². The molecule has 4 heterocycles. The van der Waals surface area contributed by atoms with Crippen LogP contribution in [0.5, 0.6) is 0 Å². The van der Waals surface area contributed by atoms with Crippen LogP contribution < -0.4 is 15.1 Å². The summed E-state index contributed by atoms with van der Waals surface area (Å²) < 4.78 is 5.34. The summed E-state index contributed by atoms with van der Waals surface area (Å²) in [6.45, 7) is 5.20. The van der Waals surface area contributed by atoms with Crippen LogP contribution >= 0.6 is 0 Å². The monoisotopic (exact) mass is 394 g/mol. The molecule has 2 saturated heterocycles. The lowest BCUT2D eigenvalue weighted by Crippen LogP contribution is -2.37. The van der Waals surface area contributed by atoms with Crippen molar-refractivity contribution in [2.24, 2.45) is 5.41 Å². The fraction of sp³-hybridized carbons (Fsp3) is 0.474. The molecule has 0 spiro atoms. The smallest absolute Gasteiger partial charge is 0.248 e. The lowest BCUT2D eigenvalue weighted by molar-refractivity contribution is -0.123. The number of hydrogen-bond donors (Lipinski definition) is 1. The molecule has 29 heavy (non-hydrogen) atoms. The second-order valence-corrected chi connectivity index (χ2v) is 6.99. The van der Waals surface area contributed by atoms with Crippen LogP contribution in [0.4, 0.5) is 23.4 Å². The minimum absolute atomic E-state index is 0.203. The van der Waals surface area contributed by atoms with Gasteiger partial charge in [0, 0.05) is 25.8 Å². The van der Waals surface area contributed by atoms with Gasteiger partial charge in [-0.25, -0.2) is 15.0 Å². The summed E-state index contributed by atoms with van der Waals surface area (Å²) in [4.78, 5) is 33.8. The van der Waals surface area contributed by atoms with Gasteiger partial charge in [0.15, 0.2) is 0 Å². The summed E-state index contributed by atoms with van der Waals surface area (Å²) >= 11 is 0. The first-order chi connectivity index (χ1) is 14.1. The third-order valence-electron chi connectivity index (χ3n) is 5.34. The molecular weight excluding hydrogens is 372 g/mol. The molecule has 0 bridgehead atoms. The lowest BCUT2D eigenvalue weighted by Gasteiger charge is -2.26. The van der Waals surface area contributed by atoms with Gasteiger partial charge in [-0.2, -0.15) is 10.2 Å². The molecular formula is C19H22N8O2. The average molecular weight is 394 g/mol. The van der Waals surface area contributed by atoms with E-state index >= 15 is 0 Å². The summed E-state index contributed by atoms with van der Waals surface area (Å²) in [5.74, 6) is 1.27. The molecule has 2 fully saturated rings. The van der Waals surface area contributed by atoms with Crippen LogP contribution in [0.15, 0.2) is 24.7 Å². The second kappa shape index (κ2) is 7.97. The fourth-order valence-electron chi connectivity index (χ4n) is 3.50. The first kappa shape index (κ1) is 19.0. The van der Waals surface area contributed by atoms with E-state index in [-0.39, 0.29) is 5.91 Å². The van der Waals surface area contributed by atoms with Gasteiger partial charge >= 0.3 is 0 Å². The maximum atomic E-state index is 12.7. The molecule has 0 radical (unpaired) electrons. The largest absolute Gasteiger partial charge is 0.378 e. The highest BCUT2D eigenvalue weighted by molar-refractivity contribution is 6.01. The van der Waals surface area contributed by atoms with E-state index in [0.29, 0.717) is 56.0 Å². The number of nitriles is 1. The van der Waals surface area contributed by atoms with Gasteiger partial charge < -0.3 is 15.0 Å². The highest BCUT2D eigenvalue weighted by Crippen LogP contribution is 2.36. The zero-order chi connectivity index (χ0) is 20.3. The van der Waals surface area contributed by atoms with Crippen molar-refractivity contribution in [1.29, 1.82) is 5.26 Å². The number of hydrogen-bond acceptors (Lipinski definition) is 9. The number of nitrogens with one attached hydrogen (secondary N) is 1. The van der Waals surface area contributed by atoms with E-state index in [1.807, 2.05) is 6.92 Å². The number of carbonyl (C=O) groups is 1. The normalized spacial score (nSPS) is 21.9. The summed E-state index contributed by atoms with van der Waals surface area (Å²) in [6, 6.07) is 3.86. The molecule has 2 aromatic heterocycles. The number of rotatable bonds is 5. The molecule has 1 N–H and O–H groups in total. The quantitative estimate of drug-likeness (QED) is 0.804. The number of aromatic nitrogens is 4. The van der Waals surface area contributed by atoms with Crippen molar-refractivity contribution < 1.29 is 9.53 Å². The Hall–Kier alpha value is -3.32. The minimum Gasteiger partial charge on any atom is -0.378 e. The van der Waals surface area contributed by atoms with E-state index < -0.39 is 5.41 Å². The van der Waals surface area contributed by atoms with E-state index in [0.717, 1.165) is 13.1 Å². The summed E-state index contributed by atoms with van der Waals surface area (Å²) in [5, 5.41) is 12.5. The Kier molecular flexibility index (Phi) is 5.22. The van der Waals surface area contributed by atoms with E-state index in [2.05, 4.69) is 36.2 Å². The minimum atomic E-state index is -0.957. The van der Waals surface area contributed by atoms with E-state index in [1.54, 1.807) is 29.6 Å². The van der Waals surface area contributed by atoms with E-state index in [1.165, 1.54) is 0 Å². The van der Waals surface area contributed by atoms with Crippen molar-refractivity contribution in [2.75, 3.05) is 48.0 Å². The Labute approximate surface area is 168 Å². The summed E-state index contributed by atoms with van der Waals surface area (Å²) in [6.07, 6.45) is 5.92. The molecule has 10 nitrogen and oxygen atoms in total. The van der Waals surface area contributed by atoms with Crippen molar-refractivity contribution in [2.45, 2.75) is 19.8 Å². The standard InChI is InChI=1S/C19H22N8O2/c1-2-19(13-20)4-6-27(16(19)28)15-3-5-21-17(25-15)24-14-11-22-18(23-12-14)26-7-9-29-10-8-26/h3,5,11-12H,2,4,6-10H2,1H3,(H,21,24,25). The molecule has 2 aliphatic heterocycles. The maximum absolute atomic E-state index is 12.7. The predicted molar refractivity (Wildman–Crippen MR) is 106 cm³/mol. The first-order valence-corrected chi connectivity index (χ1v) is 9.63. The third kappa shape index (κ3) is 3.69. The number of nitrogens with zero attached hydrogens (tertiary/aromatic N) is 7. The number of morpholine rings is 1. The van der Waals surface area contributed by atoms with E-state index in [4.69, 9.17) is 4.74 Å². The molecule has 2 aliphatic rings. The van der Waals surface area contributed by atoms with Crippen LogP contribution in [0, 0.1) is 16.7 Å². The van der Waals surface area contributed by atoms with Crippen LogP contribution in [-0.2, 0) is 9.53 Å². The van der Waals surface area contributed by atoms with Gasteiger partial charge in [0.2, 0.25) is 17.8 Å². The van der Waals surface area contributed by atoms with Crippen molar-refractivity contribution in [3.05, 3.63) is 24.7 Å². The van der Waals surface area contributed by atoms with Gasteiger partial charge in [-0.05, 0) is 18.9 Å². The zero-order valence-corrected chi connectivity index (χ0v) is 16.2. The van der Waals surface area contributed by atoms with Gasteiger partial charge in [-0.3, -0.25) is 9.69 Å². The molecule has 150 valence electrons. The Morgan fingerprint density at radius 3 is 2.66 bits per heavy atom. The topological polar surface area (TPSA) is 120 Å². The van der Waals surface area contributed by atoms with Crippen LogP contribution in [-0.4, -0.2) is 58.7 Å². The van der Waals surface area contributed by atoms with Gasteiger partial charge in [0.05, 0.1) is 37.4 Å². The number of carbonyl (C=O) groups excluding carboxylic acids is 1. The molecule has 4 rings (SSSR count). The maximum Gasteiger partial charge on any atom is 0.248 e. The summed E-state index contributed by atoms with van der Waals surface area (Å²) in [7, 11) is 0. The Bertz CT molecular complexity index is 923. The van der Waals surface area contributed by atoms with Crippen molar-refractivity contribution in [3.8, 4) is 6.07 Å². The highest BCUT2D eigenvalue weighted by atomic mass is 16.5.